The van der Waals surface area contributed by atoms with Crippen LogP contribution < -0.4 is 11.2 Å². The van der Waals surface area contributed by atoms with Crippen LogP contribution in [0.3, 0.4) is 0 Å². The van der Waals surface area contributed by atoms with Gasteiger partial charge >= 0.3 is 5.69 Å². The normalized spacial score (nSPS) is 17.0. The zero-order valence-electron chi connectivity index (χ0n) is 12.8. The van der Waals surface area contributed by atoms with Crippen LogP contribution >= 0.6 is 0 Å². The maximum atomic E-state index is 12.8. The summed E-state index contributed by atoms with van der Waals surface area (Å²) in [5, 5.41) is 0.155. The summed E-state index contributed by atoms with van der Waals surface area (Å²) in [5.74, 6) is 0. The predicted molar refractivity (Wildman–Crippen MR) is 87.0 cm³/mol. The van der Waals surface area contributed by atoms with E-state index in [-0.39, 0.29) is 16.3 Å². The largest absolute Gasteiger partial charge is 0.326 e. The quantitative estimate of drug-likeness (QED) is 0.877. The summed E-state index contributed by atoms with van der Waals surface area (Å²) in [7, 11) is -2.08. The highest BCUT2D eigenvalue weighted by Gasteiger charge is 2.29. The van der Waals surface area contributed by atoms with Crippen LogP contribution in [0.1, 0.15) is 32.1 Å². The number of H-pyrrole nitrogens is 2. The Bertz CT molecular complexity index is 939. The SMILES string of the molecule is CN(C1CCCCC1)S(=O)(=O)c1ccc2[nH]c(=O)[nH]c(=O)c2c1. The number of aromatic amines is 2. The first-order valence-corrected chi connectivity index (χ1v) is 9.08. The molecule has 0 unspecified atom stereocenters. The van der Waals surface area contributed by atoms with E-state index in [1.165, 1.54) is 22.5 Å². The van der Waals surface area contributed by atoms with E-state index < -0.39 is 21.3 Å². The Morgan fingerprint density at radius 3 is 2.48 bits per heavy atom. The van der Waals surface area contributed by atoms with Crippen molar-refractivity contribution in [3.8, 4) is 0 Å². The third-order valence-electron chi connectivity index (χ3n) is 4.48. The molecule has 0 atom stereocenters. The summed E-state index contributed by atoms with van der Waals surface area (Å²) < 4.78 is 27.0. The third-order valence-corrected chi connectivity index (χ3v) is 6.38. The molecule has 0 saturated heterocycles. The number of aromatic nitrogens is 2. The molecule has 1 heterocycles. The summed E-state index contributed by atoms with van der Waals surface area (Å²) in [6.07, 6.45) is 4.92. The van der Waals surface area contributed by atoms with Crippen LogP contribution in [0.15, 0.2) is 32.7 Å². The molecule has 0 aliphatic heterocycles. The van der Waals surface area contributed by atoms with Gasteiger partial charge in [0.2, 0.25) is 10.0 Å². The molecule has 2 N–H and O–H groups in total. The second-order valence-electron chi connectivity index (χ2n) is 5.93. The molecule has 1 aromatic carbocycles. The molecule has 2 aromatic rings. The molecule has 1 aliphatic rings. The Labute approximate surface area is 133 Å². The van der Waals surface area contributed by atoms with Gasteiger partial charge in [-0.15, -0.1) is 0 Å². The second kappa shape index (κ2) is 5.93. The Morgan fingerprint density at radius 2 is 1.78 bits per heavy atom. The molecule has 0 radical (unpaired) electrons. The number of fused-ring (bicyclic) bond motifs is 1. The van der Waals surface area contributed by atoms with Gasteiger partial charge in [0.1, 0.15) is 0 Å². The van der Waals surface area contributed by atoms with E-state index >= 15 is 0 Å². The maximum Gasteiger partial charge on any atom is 0.326 e. The molecule has 0 spiro atoms. The van der Waals surface area contributed by atoms with Gasteiger partial charge in [-0.3, -0.25) is 9.78 Å². The van der Waals surface area contributed by atoms with E-state index in [0.717, 1.165) is 32.1 Å². The lowest BCUT2D eigenvalue weighted by Gasteiger charge is -2.30. The average molecular weight is 337 g/mol. The summed E-state index contributed by atoms with van der Waals surface area (Å²) in [5.41, 5.74) is -0.892. The highest BCUT2D eigenvalue weighted by atomic mass is 32.2. The Morgan fingerprint density at radius 1 is 1.09 bits per heavy atom. The molecule has 23 heavy (non-hydrogen) atoms. The Hall–Kier alpha value is -1.93. The van der Waals surface area contributed by atoms with Crippen molar-refractivity contribution in [2.24, 2.45) is 0 Å². The van der Waals surface area contributed by atoms with Crippen LogP contribution in [0.5, 0.6) is 0 Å². The zero-order valence-corrected chi connectivity index (χ0v) is 13.6. The van der Waals surface area contributed by atoms with Crippen LogP contribution in [-0.2, 0) is 10.0 Å². The number of sulfonamides is 1. The molecule has 1 saturated carbocycles. The van der Waals surface area contributed by atoms with Gasteiger partial charge in [0, 0.05) is 13.1 Å². The van der Waals surface area contributed by atoms with E-state index in [0.29, 0.717) is 5.52 Å². The molecule has 1 aromatic heterocycles. The highest BCUT2D eigenvalue weighted by molar-refractivity contribution is 7.89. The van der Waals surface area contributed by atoms with Gasteiger partial charge in [-0.25, -0.2) is 13.2 Å². The highest BCUT2D eigenvalue weighted by Crippen LogP contribution is 2.27. The Balaban J connectivity index is 2.04. The van der Waals surface area contributed by atoms with E-state index in [2.05, 4.69) is 9.97 Å². The molecular formula is C15H19N3O4S. The molecule has 0 bridgehead atoms. The van der Waals surface area contributed by atoms with E-state index in [4.69, 9.17) is 0 Å². The van der Waals surface area contributed by atoms with Gasteiger partial charge in [0.15, 0.2) is 0 Å². The van der Waals surface area contributed by atoms with Crippen LogP contribution in [0, 0.1) is 0 Å². The van der Waals surface area contributed by atoms with Crippen molar-refractivity contribution in [3.05, 3.63) is 39.0 Å². The molecule has 0 amide bonds. The molecule has 3 rings (SSSR count). The van der Waals surface area contributed by atoms with Crippen molar-refractivity contribution >= 4 is 20.9 Å². The number of rotatable bonds is 3. The van der Waals surface area contributed by atoms with E-state index in [1.54, 1.807) is 7.05 Å². The fraction of sp³-hybridized carbons (Fsp3) is 0.467. The average Bonchev–Trinajstić information content (AvgIpc) is 2.54. The second-order valence-corrected chi connectivity index (χ2v) is 7.93. The molecule has 124 valence electrons. The predicted octanol–water partition coefficient (Wildman–Crippen LogP) is 1.17. The first kappa shape index (κ1) is 15.9. The summed E-state index contributed by atoms with van der Waals surface area (Å²) in [4.78, 5) is 27.8. The monoisotopic (exact) mass is 337 g/mol. The summed E-state index contributed by atoms with van der Waals surface area (Å²) in [6, 6.07) is 4.19. The van der Waals surface area contributed by atoms with Gasteiger partial charge in [-0.1, -0.05) is 19.3 Å². The zero-order chi connectivity index (χ0) is 16.6. The van der Waals surface area contributed by atoms with Crippen LogP contribution in [0.4, 0.5) is 0 Å². The van der Waals surface area contributed by atoms with Crippen molar-refractivity contribution in [3.63, 3.8) is 0 Å². The van der Waals surface area contributed by atoms with Crippen molar-refractivity contribution < 1.29 is 8.42 Å². The lowest BCUT2D eigenvalue weighted by atomic mass is 9.96. The van der Waals surface area contributed by atoms with Crippen molar-refractivity contribution in [1.29, 1.82) is 0 Å². The minimum Gasteiger partial charge on any atom is -0.307 e. The van der Waals surface area contributed by atoms with Gasteiger partial charge in [0.05, 0.1) is 15.8 Å². The third kappa shape index (κ3) is 2.96. The smallest absolute Gasteiger partial charge is 0.307 e. The standard InChI is InChI=1S/C15H19N3O4S/c1-18(10-5-3-2-4-6-10)23(21,22)11-7-8-13-12(9-11)14(19)17-15(20)16-13/h7-10H,2-6H2,1H3,(H2,16,17,19,20). The summed E-state index contributed by atoms with van der Waals surface area (Å²) in [6.45, 7) is 0. The van der Waals surface area contributed by atoms with Gasteiger partial charge in [0.25, 0.3) is 5.56 Å². The fourth-order valence-corrected chi connectivity index (χ4v) is 4.55. The van der Waals surface area contributed by atoms with E-state index in [9.17, 15) is 18.0 Å². The number of hydrogen-bond donors (Lipinski definition) is 2. The fourth-order valence-electron chi connectivity index (χ4n) is 3.11. The number of benzene rings is 1. The molecule has 1 fully saturated rings. The van der Waals surface area contributed by atoms with Crippen molar-refractivity contribution in [2.45, 2.75) is 43.0 Å². The lowest BCUT2D eigenvalue weighted by Crippen LogP contribution is -2.38. The van der Waals surface area contributed by atoms with Crippen molar-refractivity contribution in [1.82, 2.24) is 14.3 Å². The topological polar surface area (TPSA) is 103 Å². The molecular weight excluding hydrogens is 318 g/mol. The maximum absolute atomic E-state index is 12.8. The minimum atomic E-state index is -3.67. The molecule has 7 nitrogen and oxygen atoms in total. The van der Waals surface area contributed by atoms with Crippen LogP contribution in [0.2, 0.25) is 0 Å². The first-order chi connectivity index (χ1) is 10.9. The van der Waals surface area contributed by atoms with Gasteiger partial charge < -0.3 is 4.98 Å². The van der Waals surface area contributed by atoms with Crippen LogP contribution in [0.25, 0.3) is 10.9 Å². The Kier molecular flexibility index (Phi) is 4.11. The number of nitrogens with one attached hydrogen (secondary N) is 2. The summed E-state index contributed by atoms with van der Waals surface area (Å²) >= 11 is 0. The number of hydrogen-bond acceptors (Lipinski definition) is 4. The first-order valence-electron chi connectivity index (χ1n) is 7.64. The van der Waals surface area contributed by atoms with Gasteiger partial charge in [-0.2, -0.15) is 4.31 Å². The lowest BCUT2D eigenvalue weighted by molar-refractivity contribution is 0.286. The minimum absolute atomic E-state index is 0.00156. The molecule has 8 heteroatoms. The van der Waals surface area contributed by atoms with Crippen LogP contribution in [-0.4, -0.2) is 35.8 Å². The van der Waals surface area contributed by atoms with Gasteiger partial charge in [-0.05, 0) is 31.0 Å². The van der Waals surface area contributed by atoms with Crippen molar-refractivity contribution in [2.75, 3.05) is 7.05 Å². The number of nitrogens with zero attached hydrogens (tertiary/aromatic N) is 1. The van der Waals surface area contributed by atoms with E-state index in [1.807, 2.05) is 0 Å². The molecule has 1 aliphatic carbocycles.